The van der Waals surface area contributed by atoms with E-state index in [2.05, 4.69) is 59.5 Å². The first-order valence-electron chi connectivity index (χ1n) is 11.4. The topological polar surface area (TPSA) is 25.0 Å². The van der Waals surface area contributed by atoms with Gasteiger partial charge in [-0.15, -0.1) is 0 Å². The minimum atomic E-state index is 0.325. The van der Waals surface area contributed by atoms with E-state index in [1.807, 2.05) is 0 Å². The van der Waals surface area contributed by atoms with Gasteiger partial charge in [-0.25, -0.2) is 0 Å². The molecule has 0 saturated carbocycles. The monoisotopic (exact) mass is 379 g/mol. The van der Waals surface area contributed by atoms with Crippen LogP contribution in [0.25, 0.3) is 0 Å². The van der Waals surface area contributed by atoms with E-state index in [0.29, 0.717) is 11.1 Å². The van der Waals surface area contributed by atoms with Gasteiger partial charge in [-0.2, -0.15) is 0 Å². The Balaban J connectivity index is 1.35. The molecule has 27 heavy (non-hydrogen) atoms. The molecule has 158 valence electrons. The second-order valence-electron chi connectivity index (χ2n) is 10.7. The van der Waals surface area contributed by atoms with Crippen molar-refractivity contribution in [3.63, 3.8) is 0 Å². The number of hydrogen-bond donors (Lipinski definition) is 1. The second kappa shape index (κ2) is 9.08. The summed E-state index contributed by atoms with van der Waals surface area (Å²) < 4.78 is 0. The van der Waals surface area contributed by atoms with Gasteiger partial charge in [-0.3, -0.25) is 14.7 Å². The zero-order chi connectivity index (χ0) is 19.5. The largest absolute Gasteiger partial charge is 0.314 e. The van der Waals surface area contributed by atoms with Crippen molar-refractivity contribution in [2.75, 3.05) is 78.5 Å². The Hall–Kier alpha value is -0.200. The van der Waals surface area contributed by atoms with E-state index >= 15 is 0 Å². The molecule has 0 aliphatic carbocycles. The van der Waals surface area contributed by atoms with Gasteiger partial charge in [0, 0.05) is 83.1 Å². The number of nitrogens with zero attached hydrogens (tertiary/aromatic N) is 4. The summed E-state index contributed by atoms with van der Waals surface area (Å²) in [6.07, 6.45) is 2.75. The number of hydrogen-bond acceptors (Lipinski definition) is 5. The Labute approximate surface area is 168 Å². The Morgan fingerprint density at radius 1 is 0.741 bits per heavy atom. The molecule has 3 aliphatic rings. The standard InChI is InChI=1S/C22H45N5/c1-21(2,3)26-16-14-24(15-17-26)12-13-25-9-6-20(19-25)18-22(4,5)27-10-7-23-8-11-27/h20,23H,6-19H2,1-5H3. The second-order valence-corrected chi connectivity index (χ2v) is 10.7. The summed E-state index contributed by atoms with van der Waals surface area (Å²) in [6.45, 7) is 26.8. The summed E-state index contributed by atoms with van der Waals surface area (Å²) in [6, 6.07) is 0. The van der Waals surface area contributed by atoms with Gasteiger partial charge in [0.2, 0.25) is 0 Å². The molecule has 0 aromatic rings. The van der Waals surface area contributed by atoms with E-state index in [0.717, 1.165) is 19.0 Å². The highest BCUT2D eigenvalue weighted by Gasteiger charge is 2.33. The molecule has 1 atom stereocenters. The smallest absolute Gasteiger partial charge is 0.0157 e. The number of likely N-dealkylation sites (tertiary alicyclic amines) is 1. The van der Waals surface area contributed by atoms with Crippen LogP contribution in [0.2, 0.25) is 0 Å². The molecule has 1 N–H and O–H groups in total. The highest BCUT2D eigenvalue weighted by molar-refractivity contribution is 4.90. The van der Waals surface area contributed by atoms with Gasteiger partial charge in [0.05, 0.1) is 0 Å². The first-order chi connectivity index (χ1) is 12.7. The third-order valence-corrected chi connectivity index (χ3v) is 7.18. The normalized spacial score (nSPS) is 28.1. The SMILES string of the molecule is CC(C)(C)N1CCN(CCN2CCC(CC(C)(C)N3CCNCC3)C2)CC1. The van der Waals surface area contributed by atoms with E-state index in [1.54, 1.807) is 0 Å². The average Bonchev–Trinajstić information content (AvgIpc) is 3.07. The van der Waals surface area contributed by atoms with Crippen molar-refractivity contribution in [3.05, 3.63) is 0 Å². The van der Waals surface area contributed by atoms with E-state index in [4.69, 9.17) is 0 Å². The zero-order valence-corrected chi connectivity index (χ0v) is 18.8. The van der Waals surface area contributed by atoms with Gasteiger partial charge in [-0.1, -0.05) is 0 Å². The van der Waals surface area contributed by atoms with Gasteiger partial charge < -0.3 is 10.2 Å². The fourth-order valence-corrected chi connectivity index (χ4v) is 5.31. The predicted octanol–water partition coefficient (Wildman–Crippen LogP) is 1.80. The first-order valence-corrected chi connectivity index (χ1v) is 11.4. The molecule has 5 nitrogen and oxygen atoms in total. The lowest BCUT2D eigenvalue weighted by Gasteiger charge is -2.43. The van der Waals surface area contributed by atoms with Gasteiger partial charge in [0.1, 0.15) is 0 Å². The van der Waals surface area contributed by atoms with Crippen LogP contribution in [0.3, 0.4) is 0 Å². The van der Waals surface area contributed by atoms with Crippen molar-refractivity contribution in [1.29, 1.82) is 0 Å². The number of nitrogens with one attached hydrogen (secondary N) is 1. The van der Waals surface area contributed by atoms with Crippen LogP contribution in [-0.2, 0) is 0 Å². The lowest BCUT2D eigenvalue weighted by Crippen LogP contribution is -2.54. The average molecular weight is 380 g/mol. The lowest BCUT2D eigenvalue weighted by atomic mass is 9.88. The van der Waals surface area contributed by atoms with Gasteiger partial charge in [0.15, 0.2) is 0 Å². The van der Waals surface area contributed by atoms with Crippen molar-refractivity contribution >= 4 is 0 Å². The van der Waals surface area contributed by atoms with Crippen LogP contribution in [0, 0.1) is 5.92 Å². The zero-order valence-electron chi connectivity index (χ0n) is 18.8. The molecule has 3 rings (SSSR count). The third-order valence-electron chi connectivity index (χ3n) is 7.18. The minimum absolute atomic E-state index is 0.325. The minimum Gasteiger partial charge on any atom is -0.314 e. The number of rotatable bonds is 6. The summed E-state index contributed by atoms with van der Waals surface area (Å²) >= 11 is 0. The summed E-state index contributed by atoms with van der Waals surface area (Å²) in [5.41, 5.74) is 0.678. The first kappa shape index (κ1) is 21.5. The Morgan fingerprint density at radius 3 is 2.00 bits per heavy atom. The fraction of sp³-hybridized carbons (Fsp3) is 1.00. The lowest BCUT2D eigenvalue weighted by molar-refractivity contribution is 0.0578. The van der Waals surface area contributed by atoms with Crippen LogP contribution in [-0.4, -0.2) is 109 Å². The molecule has 5 heteroatoms. The number of piperazine rings is 2. The predicted molar refractivity (Wildman–Crippen MR) is 115 cm³/mol. The maximum atomic E-state index is 3.49. The Bertz CT molecular complexity index is 444. The molecule has 3 saturated heterocycles. The molecule has 0 spiro atoms. The summed E-state index contributed by atoms with van der Waals surface area (Å²) in [5.74, 6) is 0.882. The highest BCUT2D eigenvalue weighted by Crippen LogP contribution is 2.29. The quantitative estimate of drug-likeness (QED) is 0.759. The Kier molecular flexibility index (Phi) is 7.23. The van der Waals surface area contributed by atoms with Crippen LogP contribution >= 0.6 is 0 Å². The van der Waals surface area contributed by atoms with Crippen molar-refractivity contribution in [1.82, 2.24) is 24.9 Å². The van der Waals surface area contributed by atoms with Crippen molar-refractivity contribution in [3.8, 4) is 0 Å². The molecule has 3 heterocycles. The summed E-state index contributed by atoms with van der Waals surface area (Å²) in [5, 5.41) is 3.49. The molecule has 0 aromatic carbocycles. The molecule has 0 radical (unpaired) electrons. The van der Waals surface area contributed by atoms with Crippen LogP contribution in [0.1, 0.15) is 47.5 Å². The molecular weight excluding hydrogens is 334 g/mol. The molecule has 1 unspecified atom stereocenters. The van der Waals surface area contributed by atoms with Gasteiger partial charge in [0.25, 0.3) is 0 Å². The highest BCUT2D eigenvalue weighted by atomic mass is 15.3. The van der Waals surface area contributed by atoms with Gasteiger partial charge >= 0.3 is 0 Å². The van der Waals surface area contributed by atoms with E-state index in [-0.39, 0.29) is 0 Å². The summed E-state index contributed by atoms with van der Waals surface area (Å²) in [7, 11) is 0. The Morgan fingerprint density at radius 2 is 1.37 bits per heavy atom. The van der Waals surface area contributed by atoms with Crippen molar-refractivity contribution < 1.29 is 0 Å². The molecule has 0 amide bonds. The molecule has 3 fully saturated rings. The van der Waals surface area contributed by atoms with Crippen LogP contribution in [0.5, 0.6) is 0 Å². The van der Waals surface area contributed by atoms with Crippen molar-refractivity contribution in [2.24, 2.45) is 5.92 Å². The maximum absolute atomic E-state index is 3.49. The fourth-order valence-electron chi connectivity index (χ4n) is 5.31. The third kappa shape index (κ3) is 6.14. The molecule has 0 bridgehead atoms. The molecule has 3 aliphatic heterocycles. The summed E-state index contributed by atoms with van der Waals surface area (Å²) in [4.78, 5) is 10.8. The van der Waals surface area contributed by atoms with E-state index in [1.165, 1.54) is 78.3 Å². The molecular formula is C22H45N5. The van der Waals surface area contributed by atoms with Crippen LogP contribution in [0.4, 0.5) is 0 Å². The van der Waals surface area contributed by atoms with Gasteiger partial charge in [-0.05, 0) is 59.9 Å². The van der Waals surface area contributed by atoms with E-state index in [9.17, 15) is 0 Å². The van der Waals surface area contributed by atoms with E-state index < -0.39 is 0 Å². The molecule has 0 aromatic heterocycles. The maximum Gasteiger partial charge on any atom is 0.0157 e. The van der Waals surface area contributed by atoms with Crippen molar-refractivity contribution in [2.45, 2.75) is 58.5 Å². The van der Waals surface area contributed by atoms with Crippen LogP contribution < -0.4 is 5.32 Å². The van der Waals surface area contributed by atoms with Crippen LogP contribution in [0.15, 0.2) is 0 Å².